The van der Waals surface area contributed by atoms with Gasteiger partial charge in [0.15, 0.2) is 0 Å². The van der Waals surface area contributed by atoms with Gasteiger partial charge in [0.2, 0.25) is 0 Å². The molecule has 5 heteroatoms. The Bertz CT molecular complexity index is 824. The van der Waals surface area contributed by atoms with Gasteiger partial charge in [0.05, 0.1) is 21.7 Å². The minimum Gasteiger partial charge on any atom is -0.398 e. The third-order valence-corrected chi connectivity index (χ3v) is 3.75. The number of hydrogen-bond acceptors (Lipinski definition) is 2. The summed E-state index contributed by atoms with van der Waals surface area (Å²) in [6.07, 6.45) is 0. The first-order valence-corrected chi connectivity index (χ1v) is 7.08. The van der Waals surface area contributed by atoms with E-state index in [9.17, 15) is 4.39 Å². The first-order valence-electron chi connectivity index (χ1n) is 6.70. The Labute approximate surface area is 127 Å². The van der Waals surface area contributed by atoms with Crippen molar-refractivity contribution in [3.63, 3.8) is 0 Å². The smallest absolute Gasteiger partial charge is 0.141 e. The molecule has 0 saturated carbocycles. The van der Waals surface area contributed by atoms with Crippen LogP contribution in [0.25, 0.3) is 22.4 Å². The number of nitrogen functional groups attached to an aromatic ring is 1. The van der Waals surface area contributed by atoms with E-state index in [-0.39, 0.29) is 11.9 Å². The predicted molar refractivity (Wildman–Crippen MR) is 84.9 cm³/mol. The van der Waals surface area contributed by atoms with Crippen molar-refractivity contribution >= 4 is 28.3 Å². The van der Waals surface area contributed by atoms with E-state index in [0.717, 1.165) is 22.4 Å². The third kappa shape index (κ3) is 2.36. The van der Waals surface area contributed by atoms with Crippen LogP contribution in [0, 0.1) is 5.82 Å². The van der Waals surface area contributed by atoms with Crippen molar-refractivity contribution in [2.24, 2.45) is 0 Å². The summed E-state index contributed by atoms with van der Waals surface area (Å²) >= 11 is 6.10. The molecule has 0 bridgehead atoms. The summed E-state index contributed by atoms with van der Waals surface area (Å²) in [5, 5.41) is 0.487. The zero-order valence-corrected chi connectivity index (χ0v) is 12.5. The summed E-state index contributed by atoms with van der Waals surface area (Å²) in [4.78, 5) is 4.61. The van der Waals surface area contributed by atoms with Crippen molar-refractivity contribution in [1.29, 1.82) is 0 Å². The third-order valence-electron chi connectivity index (χ3n) is 3.43. The lowest BCUT2D eigenvalue weighted by Gasteiger charge is -2.13. The topological polar surface area (TPSA) is 43.8 Å². The van der Waals surface area contributed by atoms with Crippen LogP contribution in [0.1, 0.15) is 19.9 Å². The van der Waals surface area contributed by atoms with E-state index in [0.29, 0.717) is 10.7 Å². The van der Waals surface area contributed by atoms with Gasteiger partial charge in [0.25, 0.3) is 0 Å². The maximum Gasteiger partial charge on any atom is 0.141 e. The maximum atomic E-state index is 13.5. The Balaban J connectivity index is 2.30. The van der Waals surface area contributed by atoms with Crippen molar-refractivity contribution in [2.75, 3.05) is 5.73 Å². The van der Waals surface area contributed by atoms with Crippen LogP contribution in [0.3, 0.4) is 0 Å². The molecule has 0 aliphatic heterocycles. The van der Waals surface area contributed by atoms with Crippen LogP contribution in [0.15, 0.2) is 36.4 Å². The highest BCUT2D eigenvalue weighted by Gasteiger charge is 2.16. The Morgan fingerprint density at radius 3 is 2.62 bits per heavy atom. The Hall–Kier alpha value is -2.07. The van der Waals surface area contributed by atoms with Gasteiger partial charge in [-0.05, 0) is 50.2 Å². The summed E-state index contributed by atoms with van der Waals surface area (Å²) in [5.74, 6) is 0.485. The van der Waals surface area contributed by atoms with Crippen molar-refractivity contribution < 1.29 is 4.39 Å². The second-order valence-electron chi connectivity index (χ2n) is 5.27. The van der Waals surface area contributed by atoms with Gasteiger partial charge in [0.1, 0.15) is 11.6 Å². The fraction of sp³-hybridized carbons (Fsp3) is 0.188. The van der Waals surface area contributed by atoms with Crippen LogP contribution >= 0.6 is 11.6 Å². The Morgan fingerprint density at radius 2 is 1.95 bits per heavy atom. The molecule has 0 aliphatic carbocycles. The van der Waals surface area contributed by atoms with Gasteiger partial charge in [-0.1, -0.05) is 11.6 Å². The molecule has 0 spiro atoms. The monoisotopic (exact) mass is 303 g/mol. The van der Waals surface area contributed by atoms with Crippen molar-refractivity contribution in [2.45, 2.75) is 19.9 Å². The van der Waals surface area contributed by atoms with Gasteiger partial charge < -0.3 is 10.3 Å². The van der Waals surface area contributed by atoms with Crippen LogP contribution < -0.4 is 5.73 Å². The number of imidazole rings is 1. The molecule has 0 atom stereocenters. The van der Waals surface area contributed by atoms with Crippen LogP contribution in [0.2, 0.25) is 5.02 Å². The van der Waals surface area contributed by atoms with E-state index in [2.05, 4.69) is 4.98 Å². The Kier molecular flexibility index (Phi) is 3.33. The van der Waals surface area contributed by atoms with Gasteiger partial charge >= 0.3 is 0 Å². The first-order chi connectivity index (χ1) is 9.97. The summed E-state index contributed by atoms with van der Waals surface area (Å²) in [5.41, 5.74) is 8.67. The lowest BCUT2D eigenvalue weighted by atomic mass is 10.2. The van der Waals surface area contributed by atoms with Crippen LogP contribution in [0.4, 0.5) is 10.1 Å². The number of halogens is 2. The van der Waals surface area contributed by atoms with Crippen molar-refractivity contribution in [3.8, 4) is 11.4 Å². The molecular weight excluding hydrogens is 289 g/mol. The zero-order valence-electron chi connectivity index (χ0n) is 11.8. The maximum absolute atomic E-state index is 13.5. The first kappa shape index (κ1) is 13.9. The number of aromatic nitrogens is 2. The summed E-state index contributed by atoms with van der Waals surface area (Å²) in [6, 6.07) is 10.2. The highest BCUT2D eigenvalue weighted by Crippen LogP contribution is 2.31. The fourth-order valence-electron chi connectivity index (χ4n) is 2.46. The molecule has 1 aromatic heterocycles. The van der Waals surface area contributed by atoms with E-state index < -0.39 is 0 Å². The normalized spacial score (nSPS) is 11.5. The van der Waals surface area contributed by atoms with Gasteiger partial charge in [-0.15, -0.1) is 0 Å². The van der Waals surface area contributed by atoms with Crippen LogP contribution in [0.5, 0.6) is 0 Å². The number of hydrogen-bond donors (Lipinski definition) is 1. The lowest BCUT2D eigenvalue weighted by molar-refractivity contribution is 0.613. The van der Waals surface area contributed by atoms with Gasteiger partial charge in [-0.2, -0.15) is 0 Å². The number of nitrogens with zero attached hydrogens (tertiary/aromatic N) is 2. The van der Waals surface area contributed by atoms with E-state index in [1.807, 2.05) is 24.5 Å². The summed E-state index contributed by atoms with van der Waals surface area (Å²) in [7, 11) is 0. The second kappa shape index (κ2) is 5.04. The molecule has 3 rings (SSSR count). The quantitative estimate of drug-likeness (QED) is 0.700. The molecule has 21 heavy (non-hydrogen) atoms. The van der Waals surface area contributed by atoms with Gasteiger partial charge in [-0.3, -0.25) is 0 Å². The number of nitrogens with two attached hydrogens (primary N) is 1. The highest BCUT2D eigenvalue weighted by molar-refractivity contribution is 6.33. The molecular formula is C16H15ClFN3. The molecule has 3 aromatic rings. The summed E-state index contributed by atoms with van der Waals surface area (Å²) in [6.45, 7) is 4.07. The Morgan fingerprint density at radius 1 is 1.19 bits per heavy atom. The molecule has 0 radical (unpaired) electrons. The highest BCUT2D eigenvalue weighted by atomic mass is 35.5. The van der Waals surface area contributed by atoms with E-state index in [4.69, 9.17) is 17.3 Å². The molecule has 108 valence electrons. The molecule has 0 saturated heterocycles. The van der Waals surface area contributed by atoms with Gasteiger partial charge in [-0.25, -0.2) is 9.37 Å². The van der Waals surface area contributed by atoms with Crippen LogP contribution in [-0.2, 0) is 0 Å². The molecule has 0 aliphatic rings. The molecule has 3 nitrogen and oxygen atoms in total. The van der Waals surface area contributed by atoms with Crippen molar-refractivity contribution in [3.05, 3.63) is 47.2 Å². The summed E-state index contributed by atoms with van der Waals surface area (Å²) < 4.78 is 15.5. The number of rotatable bonds is 2. The van der Waals surface area contributed by atoms with Crippen LogP contribution in [-0.4, -0.2) is 9.55 Å². The molecule has 2 N–H and O–H groups in total. The lowest BCUT2D eigenvalue weighted by Crippen LogP contribution is -2.03. The molecule has 0 unspecified atom stereocenters. The number of anilines is 1. The van der Waals surface area contributed by atoms with E-state index >= 15 is 0 Å². The average molecular weight is 304 g/mol. The minimum absolute atomic E-state index is 0.142. The average Bonchev–Trinajstić information content (AvgIpc) is 2.80. The predicted octanol–water partition coefficient (Wildman–Crippen LogP) is 4.66. The number of fused-ring (bicyclic) bond motifs is 1. The van der Waals surface area contributed by atoms with Crippen molar-refractivity contribution in [1.82, 2.24) is 9.55 Å². The largest absolute Gasteiger partial charge is 0.398 e. The fourth-order valence-corrected chi connectivity index (χ4v) is 2.64. The zero-order chi connectivity index (χ0) is 15.1. The van der Waals surface area contributed by atoms with E-state index in [1.54, 1.807) is 18.2 Å². The standard InChI is InChI=1S/C16H15ClFN3/c1-9(2)21-15-8-11(18)4-6-14(15)20-16(21)10-3-5-13(19)12(17)7-10/h3-9H,19H2,1-2H3. The molecule has 1 heterocycles. The van der Waals surface area contributed by atoms with E-state index in [1.165, 1.54) is 12.1 Å². The second-order valence-corrected chi connectivity index (χ2v) is 5.68. The minimum atomic E-state index is -0.272. The molecule has 0 fully saturated rings. The SMILES string of the molecule is CC(C)n1c(-c2ccc(N)c(Cl)c2)nc2ccc(F)cc21. The van der Waals surface area contributed by atoms with Gasteiger partial charge in [0, 0.05) is 11.6 Å². The molecule has 0 amide bonds. The number of benzene rings is 2. The molecule has 2 aromatic carbocycles.